The smallest absolute Gasteiger partial charge is 0.226 e. The monoisotopic (exact) mass is 424 g/mol. The van der Waals surface area contributed by atoms with Gasteiger partial charge in [-0.15, -0.1) is 0 Å². The van der Waals surface area contributed by atoms with Crippen LogP contribution in [0.1, 0.15) is 22.6 Å². The molecule has 0 saturated heterocycles. The van der Waals surface area contributed by atoms with E-state index in [0.717, 1.165) is 16.5 Å². The Hall–Kier alpha value is -2.97. The van der Waals surface area contributed by atoms with E-state index in [2.05, 4.69) is 0 Å². The Kier molecular flexibility index (Phi) is 5.21. The molecule has 8 heteroatoms. The first kappa shape index (κ1) is 20.3. The quantitative estimate of drug-likeness (QED) is 0.660. The molecule has 1 aromatic heterocycles. The molecule has 0 radical (unpaired) electrons. The van der Waals surface area contributed by atoms with Gasteiger partial charge in [0.15, 0.2) is 9.84 Å². The van der Waals surface area contributed by atoms with Crippen LogP contribution in [0.15, 0.2) is 53.4 Å². The highest BCUT2D eigenvalue weighted by Crippen LogP contribution is 2.32. The topological polar surface area (TPSA) is 119 Å². The standard InChI is InChI=1S/C22H24N4O3S/c1-14-6-7-19-17(10-14)16(18(12-23)22(24)27)11-21(25-19)26-8-9-30(28,29)20-5-3-2-4-15(20)13-26/h2-7,10-11,18H,8-9,12-13,23H2,1H3,(H2,24,27). The summed E-state index contributed by atoms with van der Waals surface area (Å²) in [5.74, 6) is -0.559. The van der Waals surface area contributed by atoms with E-state index >= 15 is 0 Å². The summed E-state index contributed by atoms with van der Waals surface area (Å²) in [6, 6.07) is 14.7. The molecule has 2 aromatic carbocycles. The average molecular weight is 425 g/mol. The summed E-state index contributed by atoms with van der Waals surface area (Å²) in [5, 5.41) is 0.829. The van der Waals surface area contributed by atoms with Crippen molar-refractivity contribution >= 4 is 32.5 Å². The van der Waals surface area contributed by atoms with Crippen molar-refractivity contribution in [2.75, 3.05) is 23.7 Å². The summed E-state index contributed by atoms with van der Waals surface area (Å²) in [4.78, 5) is 19.2. The van der Waals surface area contributed by atoms with Gasteiger partial charge in [-0.3, -0.25) is 4.79 Å². The second kappa shape index (κ2) is 7.70. The van der Waals surface area contributed by atoms with Crippen LogP contribution in [-0.4, -0.2) is 38.2 Å². The Bertz CT molecular complexity index is 1240. The molecule has 0 saturated carbocycles. The van der Waals surface area contributed by atoms with Gasteiger partial charge < -0.3 is 16.4 Å². The number of nitrogens with two attached hydrogens (primary N) is 2. The highest BCUT2D eigenvalue weighted by Gasteiger charge is 2.27. The van der Waals surface area contributed by atoms with Gasteiger partial charge in [-0.1, -0.05) is 29.8 Å². The highest BCUT2D eigenvalue weighted by atomic mass is 32.2. The average Bonchev–Trinajstić information content (AvgIpc) is 2.84. The third kappa shape index (κ3) is 3.64. The lowest BCUT2D eigenvalue weighted by Gasteiger charge is -2.24. The minimum absolute atomic E-state index is 0.0108. The number of anilines is 1. The summed E-state index contributed by atoms with van der Waals surface area (Å²) in [6.45, 7) is 2.75. The molecule has 7 nitrogen and oxygen atoms in total. The third-order valence-corrected chi connectivity index (χ3v) is 7.35. The molecule has 1 unspecified atom stereocenters. The lowest BCUT2D eigenvalue weighted by Crippen LogP contribution is -2.30. The zero-order valence-electron chi connectivity index (χ0n) is 16.7. The number of carbonyl (C=O) groups excluding carboxylic acids is 1. The summed E-state index contributed by atoms with van der Waals surface area (Å²) in [5.41, 5.74) is 14.7. The summed E-state index contributed by atoms with van der Waals surface area (Å²) in [7, 11) is -3.38. The highest BCUT2D eigenvalue weighted by molar-refractivity contribution is 7.91. The number of pyridine rings is 1. The predicted octanol–water partition coefficient (Wildman–Crippen LogP) is 1.86. The Morgan fingerprint density at radius 3 is 2.70 bits per heavy atom. The molecular weight excluding hydrogens is 400 g/mol. The third-order valence-electron chi connectivity index (χ3n) is 5.56. The maximum atomic E-state index is 12.7. The maximum absolute atomic E-state index is 12.7. The van der Waals surface area contributed by atoms with Crippen LogP contribution in [0.3, 0.4) is 0 Å². The van der Waals surface area contributed by atoms with Crippen molar-refractivity contribution in [1.82, 2.24) is 4.98 Å². The van der Waals surface area contributed by atoms with Gasteiger partial charge in [0.2, 0.25) is 5.91 Å². The van der Waals surface area contributed by atoms with Crippen molar-refractivity contribution in [2.24, 2.45) is 11.5 Å². The first-order valence-corrected chi connectivity index (χ1v) is 11.4. The summed E-state index contributed by atoms with van der Waals surface area (Å²) >= 11 is 0. The maximum Gasteiger partial charge on any atom is 0.226 e. The fourth-order valence-corrected chi connectivity index (χ4v) is 5.45. The predicted molar refractivity (Wildman–Crippen MR) is 117 cm³/mol. The van der Waals surface area contributed by atoms with Crippen LogP contribution in [0, 0.1) is 6.92 Å². The molecule has 1 amide bonds. The van der Waals surface area contributed by atoms with Crippen LogP contribution in [0.2, 0.25) is 0 Å². The molecular formula is C22H24N4O3S. The lowest BCUT2D eigenvalue weighted by atomic mass is 9.94. The van der Waals surface area contributed by atoms with Crippen LogP contribution in [0.25, 0.3) is 10.9 Å². The van der Waals surface area contributed by atoms with E-state index in [1.165, 1.54) is 0 Å². The number of aromatic nitrogens is 1. The summed E-state index contributed by atoms with van der Waals surface area (Å²) < 4.78 is 25.4. The molecule has 0 aliphatic carbocycles. The van der Waals surface area contributed by atoms with Gasteiger partial charge >= 0.3 is 0 Å². The number of primary amides is 1. The number of fused-ring (bicyclic) bond motifs is 2. The van der Waals surface area contributed by atoms with Crippen molar-refractivity contribution in [3.63, 3.8) is 0 Å². The molecule has 1 aliphatic rings. The van der Waals surface area contributed by atoms with E-state index in [1.807, 2.05) is 48.2 Å². The minimum atomic E-state index is -3.38. The number of hydrogen-bond donors (Lipinski definition) is 2. The number of nitrogens with zero attached hydrogens (tertiary/aromatic N) is 2. The second-order valence-corrected chi connectivity index (χ2v) is 9.71. The van der Waals surface area contributed by atoms with Crippen molar-refractivity contribution < 1.29 is 13.2 Å². The summed E-state index contributed by atoms with van der Waals surface area (Å²) in [6.07, 6.45) is 0. The van der Waals surface area contributed by atoms with Crippen LogP contribution in [0.5, 0.6) is 0 Å². The van der Waals surface area contributed by atoms with Crippen LogP contribution in [0.4, 0.5) is 5.82 Å². The number of amides is 1. The molecule has 1 aliphatic heterocycles. The molecule has 156 valence electrons. The number of carbonyl (C=O) groups is 1. The van der Waals surface area contributed by atoms with E-state index in [9.17, 15) is 13.2 Å². The first-order chi connectivity index (χ1) is 14.3. The molecule has 0 spiro atoms. The molecule has 2 heterocycles. The van der Waals surface area contributed by atoms with Gasteiger partial charge in [0.25, 0.3) is 0 Å². The van der Waals surface area contributed by atoms with Gasteiger partial charge in [0.1, 0.15) is 5.82 Å². The largest absolute Gasteiger partial charge is 0.369 e. The van der Waals surface area contributed by atoms with Gasteiger partial charge in [-0.25, -0.2) is 13.4 Å². The Labute approximate surface area is 175 Å². The van der Waals surface area contributed by atoms with Gasteiger partial charge in [0, 0.05) is 25.0 Å². The molecule has 1 atom stereocenters. The van der Waals surface area contributed by atoms with Crippen molar-refractivity contribution in [1.29, 1.82) is 0 Å². The zero-order valence-corrected chi connectivity index (χ0v) is 17.5. The van der Waals surface area contributed by atoms with Gasteiger partial charge in [0.05, 0.1) is 22.1 Å². The number of benzene rings is 2. The number of sulfone groups is 1. The van der Waals surface area contributed by atoms with Gasteiger partial charge in [-0.05, 0) is 42.3 Å². The SMILES string of the molecule is Cc1ccc2nc(N3CCS(=O)(=O)c4ccccc4C3)cc(C(CN)C(N)=O)c2c1. The Morgan fingerprint density at radius 2 is 1.97 bits per heavy atom. The van der Waals surface area contributed by atoms with E-state index in [-0.39, 0.29) is 12.3 Å². The normalized spacial score (nSPS) is 16.7. The number of aryl methyl sites for hydroxylation is 1. The fourth-order valence-electron chi connectivity index (χ4n) is 3.96. The molecule has 0 fully saturated rings. The first-order valence-electron chi connectivity index (χ1n) is 9.76. The van der Waals surface area contributed by atoms with Crippen LogP contribution < -0.4 is 16.4 Å². The Balaban J connectivity index is 1.87. The van der Waals surface area contributed by atoms with Crippen LogP contribution in [-0.2, 0) is 21.2 Å². The van der Waals surface area contributed by atoms with Gasteiger partial charge in [-0.2, -0.15) is 0 Å². The number of hydrogen-bond acceptors (Lipinski definition) is 6. The zero-order chi connectivity index (χ0) is 21.5. The van der Waals surface area contributed by atoms with E-state index in [0.29, 0.717) is 34.9 Å². The molecule has 30 heavy (non-hydrogen) atoms. The lowest BCUT2D eigenvalue weighted by molar-refractivity contribution is -0.119. The second-order valence-electron chi connectivity index (χ2n) is 7.63. The van der Waals surface area contributed by atoms with Crippen molar-refractivity contribution in [3.8, 4) is 0 Å². The van der Waals surface area contributed by atoms with E-state index in [4.69, 9.17) is 16.5 Å². The van der Waals surface area contributed by atoms with E-state index < -0.39 is 21.7 Å². The Morgan fingerprint density at radius 1 is 1.20 bits per heavy atom. The van der Waals surface area contributed by atoms with Crippen molar-refractivity contribution in [2.45, 2.75) is 24.3 Å². The fraction of sp³-hybridized carbons (Fsp3) is 0.273. The minimum Gasteiger partial charge on any atom is -0.369 e. The molecule has 0 bridgehead atoms. The van der Waals surface area contributed by atoms with E-state index in [1.54, 1.807) is 12.1 Å². The van der Waals surface area contributed by atoms with Crippen molar-refractivity contribution in [3.05, 3.63) is 65.2 Å². The molecule has 3 aromatic rings. The van der Waals surface area contributed by atoms with Crippen LogP contribution >= 0.6 is 0 Å². The molecule has 4 rings (SSSR count). The molecule has 4 N–H and O–H groups in total. The number of rotatable bonds is 4.